The molecule has 184 valence electrons. The molecule has 2 heterocycles. The SMILES string of the molecule is CCOC(=O)c1c(C)c(C(=O)CN(C[C@@H]2CCCO2)C(=O)c2ccc(OC)cc2)c(C)n1CC. The Hall–Kier alpha value is -3.13. The number of Topliss-reactive ketones (excluding diaryl/α,β-unsaturated/α-hetero) is 1. The fraction of sp³-hybridized carbons (Fsp3) is 0.500. The number of nitrogens with zero attached hydrogens (tertiary/aromatic N) is 2. The van der Waals surface area contributed by atoms with Gasteiger partial charge in [0.25, 0.3) is 5.91 Å². The van der Waals surface area contributed by atoms with Gasteiger partial charge in [-0.2, -0.15) is 0 Å². The number of hydrogen-bond acceptors (Lipinski definition) is 6. The van der Waals surface area contributed by atoms with Gasteiger partial charge in [-0.3, -0.25) is 9.59 Å². The lowest BCUT2D eigenvalue weighted by Crippen LogP contribution is -2.41. The Morgan fingerprint density at radius 1 is 1.15 bits per heavy atom. The van der Waals surface area contributed by atoms with Crippen molar-refractivity contribution >= 4 is 17.7 Å². The molecule has 0 radical (unpaired) electrons. The molecule has 0 aliphatic carbocycles. The second-order valence-electron chi connectivity index (χ2n) is 8.37. The van der Waals surface area contributed by atoms with Crippen molar-refractivity contribution in [2.75, 3.05) is 33.4 Å². The molecule has 34 heavy (non-hydrogen) atoms. The molecule has 0 N–H and O–H groups in total. The molecule has 1 atom stereocenters. The minimum atomic E-state index is -0.450. The van der Waals surface area contributed by atoms with Gasteiger partial charge in [-0.05, 0) is 70.4 Å². The molecule has 3 rings (SSSR count). The normalized spacial score (nSPS) is 15.3. The van der Waals surface area contributed by atoms with Gasteiger partial charge in [0, 0.05) is 36.5 Å². The quantitative estimate of drug-likeness (QED) is 0.388. The molecular weight excluding hydrogens is 436 g/mol. The first kappa shape index (κ1) is 25.5. The van der Waals surface area contributed by atoms with Crippen LogP contribution in [0.2, 0.25) is 0 Å². The van der Waals surface area contributed by atoms with Crippen molar-refractivity contribution in [3.8, 4) is 5.75 Å². The summed E-state index contributed by atoms with van der Waals surface area (Å²) in [5.41, 5.74) is 2.60. The predicted molar refractivity (Wildman–Crippen MR) is 128 cm³/mol. The molecule has 0 saturated carbocycles. The molecule has 0 unspecified atom stereocenters. The van der Waals surface area contributed by atoms with E-state index in [0.717, 1.165) is 12.8 Å². The van der Waals surface area contributed by atoms with Crippen LogP contribution in [0.25, 0.3) is 0 Å². The van der Waals surface area contributed by atoms with Crippen molar-refractivity contribution in [1.82, 2.24) is 9.47 Å². The van der Waals surface area contributed by atoms with E-state index < -0.39 is 5.97 Å². The van der Waals surface area contributed by atoms with Crippen molar-refractivity contribution in [1.29, 1.82) is 0 Å². The number of methoxy groups -OCH3 is 1. The van der Waals surface area contributed by atoms with E-state index in [4.69, 9.17) is 14.2 Å². The predicted octanol–water partition coefficient (Wildman–Crippen LogP) is 3.81. The van der Waals surface area contributed by atoms with Crippen LogP contribution < -0.4 is 4.74 Å². The zero-order valence-corrected chi connectivity index (χ0v) is 20.7. The zero-order chi connectivity index (χ0) is 24.8. The van der Waals surface area contributed by atoms with Crippen LogP contribution in [-0.4, -0.2) is 66.6 Å². The molecule has 1 amide bonds. The first-order chi connectivity index (χ1) is 16.3. The molecule has 1 aliphatic rings. The summed E-state index contributed by atoms with van der Waals surface area (Å²) >= 11 is 0. The maximum Gasteiger partial charge on any atom is 0.355 e. The maximum atomic E-state index is 13.5. The Morgan fingerprint density at radius 2 is 1.85 bits per heavy atom. The zero-order valence-electron chi connectivity index (χ0n) is 20.7. The second kappa shape index (κ2) is 11.3. The number of esters is 1. The van der Waals surface area contributed by atoms with Gasteiger partial charge in [-0.25, -0.2) is 4.79 Å². The van der Waals surface area contributed by atoms with Crippen LogP contribution in [-0.2, 0) is 16.0 Å². The van der Waals surface area contributed by atoms with Gasteiger partial charge in [0.05, 0.1) is 26.4 Å². The van der Waals surface area contributed by atoms with E-state index in [2.05, 4.69) is 0 Å². The highest BCUT2D eigenvalue weighted by Gasteiger charge is 2.30. The van der Waals surface area contributed by atoms with Crippen LogP contribution >= 0.6 is 0 Å². The molecule has 1 aromatic heterocycles. The van der Waals surface area contributed by atoms with E-state index in [9.17, 15) is 14.4 Å². The van der Waals surface area contributed by atoms with E-state index >= 15 is 0 Å². The maximum absolute atomic E-state index is 13.5. The van der Waals surface area contributed by atoms with Gasteiger partial charge in [-0.15, -0.1) is 0 Å². The third kappa shape index (κ3) is 5.33. The number of rotatable bonds is 10. The molecular formula is C26H34N2O6. The highest BCUT2D eigenvalue weighted by molar-refractivity contribution is 6.06. The van der Waals surface area contributed by atoms with Crippen molar-refractivity contribution in [3.05, 3.63) is 52.3 Å². The lowest BCUT2D eigenvalue weighted by Gasteiger charge is -2.25. The Balaban J connectivity index is 1.92. The van der Waals surface area contributed by atoms with Gasteiger partial charge in [0.2, 0.25) is 0 Å². The van der Waals surface area contributed by atoms with Crippen molar-refractivity contribution in [3.63, 3.8) is 0 Å². The first-order valence-corrected chi connectivity index (χ1v) is 11.8. The van der Waals surface area contributed by atoms with Crippen LogP contribution in [0.3, 0.4) is 0 Å². The van der Waals surface area contributed by atoms with Gasteiger partial charge in [0.15, 0.2) is 5.78 Å². The summed E-state index contributed by atoms with van der Waals surface area (Å²) in [5, 5.41) is 0. The third-order valence-corrected chi connectivity index (χ3v) is 6.24. The topological polar surface area (TPSA) is 87.1 Å². The van der Waals surface area contributed by atoms with Crippen molar-refractivity contribution < 1.29 is 28.6 Å². The van der Waals surface area contributed by atoms with Crippen LogP contribution in [0.4, 0.5) is 0 Å². The summed E-state index contributed by atoms with van der Waals surface area (Å²) in [6.07, 6.45) is 1.68. The standard InChI is InChI=1S/C26H34N2O6/c1-6-28-18(4)23(17(3)24(28)26(31)33-7-2)22(29)16-27(15-21-9-8-14-34-21)25(30)19-10-12-20(32-5)13-11-19/h10-13,21H,6-9,14-16H2,1-5H3/t21-/m0/s1. The first-order valence-electron chi connectivity index (χ1n) is 11.8. The summed E-state index contributed by atoms with van der Waals surface area (Å²) in [7, 11) is 1.57. The van der Waals surface area contributed by atoms with E-state index in [-0.39, 0.29) is 30.9 Å². The Morgan fingerprint density at radius 3 is 2.41 bits per heavy atom. The number of hydrogen-bond donors (Lipinski definition) is 0. The fourth-order valence-corrected chi connectivity index (χ4v) is 4.59. The molecule has 8 nitrogen and oxygen atoms in total. The van der Waals surface area contributed by atoms with Crippen molar-refractivity contribution in [2.24, 2.45) is 0 Å². The Bertz CT molecular complexity index is 1030. The Labute approximate surface area is 200 Å². The van der Waals surface area contributed by atoms with E-state index in [1.807, 2.05) is 13.8 Å². The number of amides is 1. The van der Waals surface area contributed by atoms with Crippen LogP contribution in [0.5, 0.6) is 5.75 Å². The highest BCUT2D eigenvalue weighted by atomic mass is 16.5. The molecule has 8 heteroatoms. The summed E-state index contributed by atoms with van der Waals surface area (Å²) in [6, 6.07) is 6.83. The number of benzene rings is 1. The second-order valence-corrected chi connectivity index (χ2v) is 8.37. The van der Waals surface area contributed by atoms with E-state index in [0.29, 0.717) is 53.5 Å². The van der Waals surface area contributed by atoms with Crippen LogP contribution in [0.15, 0.2) is 24.3 Å². The minimum Gasteiger partial charge on any atom is -0.497 e. The average Bonchev–Trinajstić information content (AvgIpc) is 3.43. The lowest BCUT2D eigenvalue weighted by molar-refractivity contribution is 0.0505. The summed E-state index contributed by atoms with van der Waals surface area (Å²) in [5.74, 6) is -0.263. The smallest absolute Gasteiger partial charge is 0.355 e. The molecule has 1 fully saturated rings. The number of carbonyl (C=O) groups excluding carboxylic acids is 3. The fourth-order valence-electron chi connectivity index (χ4n) is 4.59. The molecule has 0 bridgehead atoms. The lowest BCUT2D eigenvalue weighted by atomic mass is 10.0. The van der Waals surface area contributed by atoms with Gasteiger partial charge >= 0.3 is 5.97 Å². The van der Waals surface area contributed by atoms with E-state index in [1.165, 1.54) is 0 Å². The molecule has 1 saturated heterocycles. The number of carbonyl (C=O) groups is 3. The molecule has 1 aliphatic heterocycles. The van der Waals surface area contributed by atoms with Crippen LogP contribution in [0.1, 0.15) is 69.2 Å². The van der Waals surface area contributed by atoms with Crippen molar-refractivity contribution in [2.45, 2.75) is 53.2 Å². The molecule has 2 aromatic rings. The van der Waals surface area contributed by atoms with Crippen LogP contribution in [0, 0.1) is 13.8 Å². The van der Waals surface area contributed by atoms with Gasteiger partial charge < -0.3 is 23.7 Å². The molecule has 1 aromatic carbocycles. The monoisotopic (exact) mass is 470 g/mol. The minimum absolute atomic E-state index is 0.104. The average molecular weight is 471 g/mol. The van der Waals surface area contributed by atoms with Gasteiger partial charge in [-0.1, -0.05) is 0 Å². The molecule has 0 spiro atoms. The number of ether oxygens (including phenoxy) is 3. The third-order valence-electron chi connectivity index (χ3n) is 6.24. The summed E-state index contributed by atoms with van der Waals surface area (Å²) < 4.78 is 18.0. The summed E-state index contributed by atoms with van der Waals surface area (Å²) in [6.45, 7) is 8.90. The summed E-state index contributed by atoms with van der Waals surface area (Å²) in [4.78, 5) is 41.1. The largest absolute Gasteiger partial charge is 0.497 e. The van der Waals surface area contributed by atoms with Gasteiger partial charge in [0.1, 0.15) is 11.4 Å². The van der Waals surface area contributed by atoms with E-state index in [1.54, 1.807) is 54.7 Å². The highest BCUT2D eigenvalue weighted by Crippen LogP contribution is 2.25. The number of ketones is 1. The number of aromatic nitrogens is 1. The Kier molecular flexibility index (Phi) is 8.50.